The summed E-state index contributed by atoms with van der Waals surface area (Å²) in [6.07, 6.45) is 0.110. The van der Waals surface area contributed by atoms with E-state index in [2.05, 4.69) is 0 Å². The normalized spacial score (nSPS) is 11.4. The molecule has 0 amide bonds. The molecule has 4 heteroatoms. The van der Waals surface area contributed by atoms with E-state index in [4.69, 9.17) is 0 Å². The van der Waals surface area contributed by atoms with E-state index < -0.39 is 14.4 Å². The van der Waals surface area contributed by atoms with Crippen molar-refractivity contribution in [2.45, 2.75) is 27.7 Å². The van der Waals surface area contributed by atoms with E-state index in [1.54, 1.807) is 0 Å². The fourth-order valence-corrected chi connectivity index (χ4v) is 3.80. The van der Waals surface area contributed by atoms with Crippen LogP contribution in [0.5, 0.6) is 0 Å². The van der Waals surface area contributed by atoms with Gasteiger partial charge in [0.15, 0.2) is 11.6 Å². The van der Waals surface area contributed by atoms with E-state index in [0.717, 1.165) is 22.3 Å². The Bertz CT molecular complexity index is 705. The maximum Gasteiger partial charge on any atom is 0.174 e. The molecule has 0 aliphatic heterocycles. The van der Waals surface area contributed by atoms with E-state index >= 15 is 0 Å². The molecule has 0 saturated heterocycles. The van der Waals surface area contributed by atoms with Crippen molar-refractivity contribution in [3.05, 3.63) is 69.8 Å². The summed E-state index contributed by atoms with van der Waals surface area (Å²) in [6, 6.07) is 11.2. The summed E-state index contributed by atoms with van der Waals surface area (Å²) < 4.78 is 11.3. The minimum atomic E-state index is -1.18. The molecule has 2 aromatic rings. The van der Waals surface area contributed by atoms with E-state index in [0.29, 0.717) is 11.1 Å². The molecule has 24 heavy (non-hydrogen) atoms. The number of hydrogen-bond acceptors (Lipinski definition) is 3. The second kappa shape index (κ2) is 7.72. The second-order valence-electron chi connectivity index (χ2n) is 6.22. The van der Waals surface area contributed by atoms with Crippen LogP contribution < -0.4 is 0 Å². The lowest BCUT2D eigenvalue weighted by Gasteiger charge is -2.18. The quantitative estimate of drug-likeness (QED) is 0.445. The number of hydrogen-bond donors (Lipinski definition) is 0. The van der Waals surface area contributed by atoms with Gasteiger partial charge in [0.2, 0.25) is 0 Å². The van der Waals surface area contributed by atoms with Crippen LogP contribution in [0.3, 0.4) is 0 Å². The first-order valence-corrected chi connectivity index (χ1v) is 9.31. The van der Waals surface area contributed by atoms with Crippen LogP contribution in [0.4, 0.5) is 0 Å². The molecule has 0 saturated carbocycles. The zero-order chi connectivity index (χ0) is 17.9. The molecule has 3 nitrogen and oxygen atoms in total. The van der Waals surface area contributed by atoms with Crippen molar-refractivity contribution in [3.63, 3.8) is 0 Å². The van der Waals surface area contributed by atoms with Crippen molar-refractivity contribution >= 4 is 20.0 Å². The minimum absolute atomic E-state index is 0.110. The highest BCUT2D eigenvalue weighted by Gasteiger charge is 2.31. The standard InChI is InChI=1S/C20H23O3P/c1-12-7-5-8-13(2)17(12)19(21)16(11-24-23)20(22)18-14(3)9-6-10-15(18)4/h5-10,16H,11,24H2,1-4H3. The molecule has 0 aliphatic carbocycles. The maximum atomic E-state index is 13.1. The van der Waals surface area contributed by atoms with Crippen LogP contribution in [-0.2, 0) is 4.57 Å². The van der Waals surface area contributed by atoms with Gasteiger partial charge in [-0.05, 0) is 49.9 Å². The summed E-state index contributed by atoms with van der Waals surface area (Å²) >= 11 is 0. The third-order valence-corrected chi connectivity index (χ3v) is 5.08. The van der Waals surface area contributed by atoms with Crippen LogP contribution in [-0.4, -0.2) is 17.7 Å². The topological polar surface area (TPSA) is 51.2 Å². The van der Waals surface area contributed by atoms with Crippen molar-refractivity contribution in [2.75, 3.05) is 6.16 Å². The van der Waals surface area contributed by atoms with Gasteiger partial charge in [0.25, 0.3) is 0 Å². The molecule has 0 aliphatic rings. The number of carbonyl (C=O) groups excluding carboxylic acids is 2. The van der Waals surface area contributed by atoms with Crippen molar-refractivity contribution < 1.29 is 14.2 Å². The average Bonchev–Trinajstić information content (AvgIpc) is 2.51. The molecular weight excluding hydrogens is 319 g/mol. The number of aryl methyl sites for hydroxylation is 4. The van der Waals surface area contributed by atoms with Gasteiger partial charge in [-0.1, -0.05) is 36.4 Å². The Hall–Kier alpha value is -1.99. The Morgan fingerprint density at radius 1 is 0.792 bits per heavy atom. The van der Waals surface area contributed by atoms with Crippen LogP contribution >= 0.6 is 8.46 Å². The predicted molar refractivity (Wildman–Crippen MR) is 99.2 cm³/mol. The molecule has 0 N–H and O–H groups in total. The number of ketones is 2. The maximum absolute atomic E-state index is 13.1. The molecule has 1 unspecified atom stereocenters. The van der Waals surface area contributed by atoms with Gasteiger partial charge < -0.3 is 4.57 Å². The largest absolute Gasteiger partial charge is 0.330 e. The molecule has 1 atom stereocenters. The Kier molecular flexibility index (Phi) is 5.90. The fourth-order valence-electron chi connectivity index (χ4n) is 3.18. The molecule has 0 heterocycles. The van der Waals surface area contributed by atoms with Crippen molar-refractivity contribution in [2.24, 2.45) is 5.92 Å². The number of benzene rings is 2. The van der Waals surface area contributed by atoms with Gasteiger partial charge in [-0.15, -0.1) is 0 Å². The summed E-state index contributed by atoms with van der Waals surface area (Å²) in [5.41, 5.74) is 4.55. The molecule has 0 spiro atoms. The summed E-state index contributed by atoms with van der Waals surface area (Å²) in [6.45, 7) is 7.46. The lowest BCUT2D eigenvalue weighted by atomic mass is 9.85. The summed E-state index contributed by atoms with van der Waals surface area (Å²) in [7, 11) is -1.18. The molecule has 0 bridgehead atoms. The number of Topliss-reactive ketones (excluding diaryl/α,β-unsaturated/α-hetero) is 2. The second-order valence-corrected chi connectivity index (χ2v) is 7.02. The van der Waals surface area contributed by atoms with Crippen molar-refractivity contribution in [1.29, 1.82) is 0 Å². The van der Waals surface area contributed by atoms with Crippen LogP contribution in [0, 0.1) is 33.6 Å². The summed E-state index contributed by atoms with van der Waals surface area (Å²) in [5.74, 6) is -1.32. The van der Waals surface area contributed by atoms with Gasteiger partial charge in [-0.25, -0.2) is 0 Å². The third-order valence-electron chi connectivity index (χ3n) is 4.42. The first-order chi connectivity index (χ1) is 11.4. The van der Waals surface area contributed by atoms with E-state index in [9.17, 15) is 14.2 Å². The average molecular weight is 342 g/mol. The fraction of sp³-hybridized carbons (Fsp3) is 0.300. The third kappa shape index (κ3) is 3.57. The Balaban J connectivity index is 2.52. The first kappa shape index (κ1) is 18.4. The Morgan fingerprint density at radius 3 is 1.42 bits per heavy atom. The zero-order valence-electron chi connectivity index (χ0n) is 14.6. The van der Waals surface area contributed by atoms with Crippen molar-refractivity contribution in [3.8, 4) is 0 Å². The smallest absolute Gasteiger partial charge is 0.174 e. The van der Waals surface area contributed by atoms with Gasteiger partial charge in [-0.2, -0.15) is 0 Å². The van der Waals surface area contributed by atoms with E-state index in [1.165, 1.54) is 0 Å². The molecule has 2 rings (SSSR count). The first-order valence-electron chi connectivity index (χ1n) is 8.03. The van der Waals surface area contributed by atoms with Gasteiger partial charge in [0.05, 0.1) is 14.4 Å². The molecule has 126 valence electrons. The molecular formula is C20H23O3P. The lowest BCUT2D eigenvalue weighted by molar-refractivity contribution is 0.0822. The van der Waals surface area contributed by atoms with Gasteiger partial charge in [0, 0.05) is 17.3 Å². The molecule has 0 radical (unpaired) electrons. The van der Waals surface area contributed by atoms with Crippen molar-refractivity contribution in [1.82, 2.24) is 0 Å². The molecule has 0 aromatic heterocycles. The Morgan fingerprint density at radius 2 is 1.12 bits per heavy atom. The van der Waals surface area contributed by atoms with Crippen LogP contribution in [0.1, 0.15) is 43.0 Å². The van der Waals surface area contributed by atoms with Gasteiger partial charge in [-0.3, -0.25) is 9.59 Å². The summed E-state index contributed by atoms with van der Waals surface area (Å²) in [4.78, 5) is 26.1. The highest BCUT2D eigenvalue weighted by Crippen LogP contribution is 2.25. The van der Waals surface area contributed by atoms with E-state index in [1.807, 2.05) is 64.1 Å². The molecule has 2 aromatic carbocycles. The highest BCUT2D eigenvalue weighted by molar-refractivity contribution is 7.23. The number of carbonyl (C=O) groups is 2. The van der Waals surface area contributed by atoms with Gasteiger partial charge >= 0.3 is 0 Å². The van der Waals surface area contributed by atoms with Crippen LogP contribution in [0.25, 0.3) is 0 Å². The lowest BCUT2D eigenvalue weighted by Crippen LogP contribution is -2.28. The minimum Gasteiger partial charge on any atom is -0.330 e. The van der Waals surface area contributed by atoms with E-state index in [-0.39, 0.29) is 17.7 Å². The summed E-state index contributed by atoms with van der Waals surface area (Å²) in [5, 5.41) is 0. The predicted octanol–water partition coefficient (Wildman–Crippen LogP) is 4.36. The SMILES string of the molecule is Cc1cccc(C)c1C(=O)C(C[PH2]=O)C(=O)c1c(C)cccc1C. The monoisotopic (exact) mass is 342 g/mol. The molecule has 0 fully saturated rings. The number of rotatable bonds is 6. The van der Waals surface area contributed by atoms with Crippen LogP contribution in [0.15, 0.2) is 36.4 Å². The van der Waals surface area contributed by atoms with Crippen LogP contribution in [0.2, 0.25) is 0 Å². The zero-order valence-corrected chi connectivity index (χ0v) is 15.7. The Labute approximate surface area is 144 Å². The van der Waals surface area contributed by atoms with Gasteiger partial charge in [0.1, 0.15) is 0 Å². The highest BCUT2D eigenvalue weighted by atomic mass is 31.1.